The minimum Gasteiger partial charge on any atom is -0.509 e. The first kappa shape index (κ1) is 13.2. The van der Waals surface area contributed by atoms with Crippen LogP contribution in [0.4, 0.5) is 0 Å². The molecule has 2 atom stereocenters. The molecule has 2 unspecified atom stereocenters. The summed E-state index contributed by atoms with van der Waals surface area (Å²) in [4.78, 5) is 0. The zero-order chi connectivity index (χ0) is 12.2. The molecule has 3 N–H and O–H groups in total. The quantitative estimate of drug-likeness (QED) is 0.659. The van der Waals surface area contributed by atoms with E-state index in [1.165, 1.54) is 6.08 Å². The lowest BCUT2D eigenvalue weighted by atomic mass is 9.85. The summed E-state index contributed by atoms with van der Waals surface area (Å²) < 4.78 is 5.09. The second-order valence-electron chi connectivity index (χ2n) is 4.44. The second kappa shape index (κ2) is 5.48. The fraction of sp³-hybridized carbons (Fsp3) is 0.667. The van der Waals surface area contributed by atoms with Crippen LogP contribution in [0.5, 0.6) is 0 Å². The molecule has 0 saturated heterocycles. The van der Waals surface area contributed by atoms with Gasteiger partial charge in [0.1, 0.15) is 11.4 Å². The molecule has 0 aromatic heterocycles. The molecule has 0 amide bonds. The third-order valence-electron chi connectivity index (χ3n) is 2.71. The highest BCUT2D eigenvalue weighted by Crippen LogP contribution is 2.27. The molecular formula is C12H21NO3. The van der Waals surface area contributed by atoms with Gasteiger partial charge in [0.2, 0.25) is 0 Å². The average Bonchev–Trinajstić information content (AvgIpc) is 2.21. The number of allylic oxidation sites excluding steroid dienone is 2. The predicted molar refractivity (Wildman–Crippen MR) is 63.4 cm³/mol. The highest BCUT2D eigenvalue weighted by Gasteiger charge is 2.40. The maximum atomic E-state index is 10.5. The molecule has 4 heteroatoms. The molecule has 4 nitrogen and oxygen atoms in total. The van der Waals surface area contributed by atoms with Crippen molar-refractivity contribution in [1.29, 1.82) is 0 Å². The van der Waals surface area contributed by atoms with Gasteiger partial charge in [0.15, 0.2) is 0 Å². The monoisotopic (exact) mass is 227 g/mol. The van der Waals surface area contributed by atoms with E-state index in [1.807, 2.05) is 19.9 Å². The highest BCUT2D eigenvalue weighted by molar-refractivity contribution is 5.25. The number of ether oxygens (including phenoxy) is 1. The van der Waals surface area contributed by atoms with E-state index in [0.717, 1.165) is 0 Å². The SMILES string of the molecule is COCC(NC(C)C)C1(O)CC=CC=C1O. The van der Waals surface area contributed by atoms with E-state index in [0.29, 0.717) is 13.0 Å². The van der Waals surface area contributed by atoms with Gasteiger partial charge in [0.25, 0.3) is 0 Å². The summed E-state index contributed by atoms with van der Waals surface area (Å²) in [6, 6.07) is -0.110. The van der Waals surface area contributed by atoms with Crippen molar-refractivity contribution in [1.82, 2.24) is 5.32 Å². The van der Waals surface area contributed by atoms with Crippen LogP contribution in [0.25, 0.3) is 0 Å². The van der Waals surface area contributed by atoms with Gasteiger partial charge in [-0.05, 0) is 6.08 Å². The molecule has 0 heterocycles. The van der Waals surface area contributed by atoms with E-state index in [-0.39, 0.29) is 17.8 Å². The van der Waals surface area contributed by atoms with Gasteiger partial charge in [-0.1, -0.05) is 26.0 Å². The van der Waals surface area contributed by atoms with Crippen molar-refractivity contribution in [3.63, 3.8) is 0 Å². The van der Waals surface area contributed by atoms with Crippen LogP contribution < -0.4 is 5.32 Å². The molecule has 0 aromatic carbocycles. The molecule has 1 rings (SSSR count). The topological polar surface area (TPSA) is 61.7 Å². The van der Waals surface area contributed by atoms with Crippen molar-refractivity contribution in [2.45, 2.75) is 38.0 Å². The first-order valence-corrected chi connectivity index (χ1v) is 5.54. The lowest BCUT2D eigenvalue weighted by molar-refractivity contribution is -0.0258. The van der Waals surface area contributed by atoms with E-state index in [4.69, 9.17) is 4.74 Å². The molecule has 0 bridgehead atoms. The van der Waals surface area contributed by atoms with Crippen LogP contribution >= 0.6 is 0 Å². The zero-order valence-corrected chi connectivity index (χ0v) is 10.1. The van der Waals surface area contributed by atoms with E-state index < -0.39 is 5.60 Å². The summed E-state index contributed by atoms with van der Waals surface area (Å²) in [5.74, 6) is -0.00907. The molecule has 0 aliphatic heterocycles. The lowest BCUT2D eigenvalue weighted by Gasteiger charge is -2.37. The Bertz CT molecular complexity index is 286. The summed E-state index contributed by atoms with van der Waals surface area (Å²) in [6.07, 6.45) is 5.49. The molecule has 0 spiro atoms. The minimum absolute atomic E-state index is 0.00907. The van der Waals surface area contributed by atoms with Crippen molar-refractivity contribution in [3.05, 3.63) is 24.0 Å². The Labute approximate surface area is 96.6 Å². The molecule has 16 heavy (non-hydrogen) atoms. The third kappa shape index (κ3) is 2.84. The number of rotatable bonds is 5. The van der Waals surface area contributed by atoms with Gasteiger partial charge in [0, 0.05) is 19.6 Å². The van der Waals surface area contributed by atoms with Crippen LogP contribution in [0, 0.1) is 0 Å². The van der Waals surface area contributed by atoms with Gasteiger partial charge in [-0.15, -0.1) is 0 Å². The molecule has 0 aromatic rings. The Morgan fingerprint density at radius 3 is 2.75 bits per heavy atom. The largest absolute Gasteiger partial charge is 0.509 e. The third-order valence-corrected chi connectivity index (χ3v) is 2.71. The molecule has 1 aliphatic rings. The standard InChI is InChI=1S/C12H21NO3/c1-9(2)13-10(8-16-3)12(15)7-5-4-6-11(12)14/h4-6,9-10,13-15H,7-8H2,1-3H3. The number of nitrogens with one attached hydrogen (secondary N) is 1. The molecule has 0 radical (unpaired) electrons. The van der Waals surface area contributed by atoms with Crippen molar-refractivity contribution >= 4 is 0 Å². The summed E-state index contributed by atoms with van der Waals surface area (Å²) in [7, 11) is 1.58. The summed E-state index contributed by atoms with van der Waals surface area (Å²) in [5.41, 5.74) is -1.27. The van der Waals surface area contributed by atoms with E-state index >= 15 is 0 Å². The van der Waals surface area contributed by atoms with Gasteiger partial charge in [-0.25, -0.2) is 0 Å². The number of aliphatic hydroxyl groups is 2. The van der Waals surface area contributed by atoms with Crippen LogP contribution in [0.2, 0.25) is 0 Å². The van der Waals surface area contributed by atoms with E-state index in [9.17, 15) is 10.2 Å². The van der Waals surface area contributed by atoms with Gasteiger partial charge in [-0.3, -0.25) is 0 Å². The summed E-state index contributed by atoms with van der Waals surface area (Å²) in [5, 5.41) is 23.5. The summed E-state index contributed by atoms with van der Waals surface area (Å²) >= 11 is 0. The molecule has 1 aliphatic carbocycles. The predicted octanol–water partition coefficient (Wildman–Crippen LogP) is 1.13. The molecular weight excluding hydrogens is 206 g/mol. The molecule has 92 valence electrons. The average molecular weight is 227 g/mol. The Morgan fingerprint density at radius 2 is 2.25 bits per heavy atom. The van der Waals surface area contributed by atoms with Crippen molar-refractivity contribution in [3.8, 4) is 0 Å². The van der Waals surface area contributed by atoms with Gasteiger partial charge >= 0.3 is 0 Å². The van der Waals surface area contributed by atoms with Crippen LogP contribution in [0.3, 0.4) is 0 Å². The second-order valence-corrected chi connectivity index (χ2v) is 4.44. The normalized spacial score (nSPS) is 26.9. The highest BCUT2D eigenvalue weighted by atomic mass is 16.5. The number of hydrogen-bond donors (Lipinski definition) is 3. The van der Waals surface area contributed by atoms with E-state index in [2.05, 4.69) is 5.32 Å². The number of methoxy groups -OCH3 is 1. The maximum absolute atomic E-state index is 10.5. The number of hydrogen-bond acceptors (Lipinski definition) is 4. The first-order valence-electron chi connectivity index (χ1n) is 5.54. The fourth-order valence-corrected chi connectivity index (χ4v) is 1.87. The smallest absolute Gasteiger partial charge is 0.142 e. The minimum atomic E-state index is -1.27. The van der Waals surface area contributed by atoms with Crippen molar-refractivity contribution in [2.75, 3.05) is 13.7 Å². The Hall–Kier alpha value is -0.840. The lowest BCUT2D eigenvalue weighted by Crippen LogP contribution is -2.56. The summed E-state index contributed by atoms with van der Waals surface area (Å²) in [6.45, 7) is 4.33. The molecule has 0 fully saturated rings. The van der Waals surface area contributed by atoms with Gasteiger partial charge < -0.3 is 20.3 Å². The Morgan fingerprint density at radius 1 is 1.56 bits per heavy atom. The van der Waals surface area contributed by atoms with Crippen LogP contribution in [0.15, 0.2) is 24.0 Å². The van der Waals surface area contributed by atoms with Crippen molar-refractivity contribution < 1.29 is 14.9 Å². The van der Waals surface area contributed by atoms with Crippen LogP contribution in [-0.4, -0.2) is 41.6 Å². The Balaban J connectivity index is 2.83. The van der Waals surface area contributed by atoms with Crippen LogP contribution in [0.1, 0.15) is 20.3 Å². The van der Waals surface area contributed by atoms with E-state index in [1.54, 1.807) is 13.2 Å². The first-order chi connectivity index (χ1) is 7.50. The number of aliphatic hydroxyl groups excluding tert-OH is 1. The van der Waals surface area contributed by atoms with Gasteiger partial charge in [0.05, 0.1) is 12.6 Å². The Kier molecular flexibility index (Phi) is 4.53. The van der Waals surface area contributed by atoms with Crippen LogP contribution in [-0.2, 0) is 4.74 Å². The maximum Gasteiger partial charge on any atom is 0.142 e. The zero-order valence-electron chi connectivity index (χ0n) is 10.1. The van der Waals surface area contributed by atoms with Crippen molar-refractivity contribution in [2.24, 2.45) is 0 Å². The fourth-order valence-electron chi connectivity index (χ4n) is 1.87. The van der Waals surface area contributed by atoms with Gasteiger partial charge in [-0.2, -0.15) is 0 Å². The molecule has 0 saturated carbocycles.